The standard InChI is InChI=1S/C18H33F3N2O4Si/c1-16(2,3)26-15(25)22-12-9-13(27-28(7,8)17(4,5)6)11-23(10-12)14(24)18(19,20)21/h12-13H,9-11H2,1-8H3,(H,22,25)/t12-,13+/m0/s1. The summed E-state index contributed by atoms with van der Waals surface area (Å²) in [4.78, 5) is 24.6. The van der Waals surface area contributed by atoms with Crippen molar-refractivity contribution in [3.63, 3.8) is 0 Å². The molecule has 10 heteroatoms. The number of hydrogen-bond acceptors (Lipinski definition) is 4. The van der Waals surface area contributed by atoms with Gasteiger partial charge in [0.25, 0.3) is 0 Å². The minimum atomic E-state index is -4.98. The summed E-state index contributed by atoms with van der Waals surface area (Å²) >= 11 is 0. The van der Waals surface area contributed by atoms with Gasteiger partial charge in [0.15, 0.2) is 8.32 Å². The molecular formula is C18H33F3N2O4Si. The van der Waals surface area contributed by atoms with E-state index in [-0.39, 0.29) is 18.1 Å². The lowest BCUT2D eigenvalue weighted by molar-refractivity contribution is -0.188. The first-order valence-electron chi connectivity index (χ1n) is 9.35. The van der Waals surface area contributed by atoms with Crippen LogP contribution in [0.25, 0.3) is 0 Å². The predicted octanol–water partition coefficient (Wildman–Crippen LogP) is 4.06. The van der Waals surface area contributed by atoms with E-state index in [0.29, 0.717) is 11.3 Å². The summed E-state index contributed by atoms with van der Waals surface area (Å²) in [6.07, 6.45) is -5.99. The highest BCUT2D eigenvalue weighted by Gasteiger charge is 2.47. The van der Waals surface area contributed by atoms with Crippen LogP contribution >= 0.6 is 0 Å². The van der Waals surface area contributed by atoms with E-state index >= 15 is 0 Å². The molecule has 1 saturated heterocycles. The van der Waals surface area contributed by atoms with Gasteiger partial charge in [0.2, 0.25) is 0 Å². The van der Waals surface area contributed by atoms with Crippen LogP contribution in [0.2, 0.25) is 18.1 Å². The number of amides is 2. The molecule has 1 heterocycles. The molecule has 2 amide bonds. The normalized spacial score (nSPS) is 22.0. The zero-order chi connectivity index (χ0) is 22.1. The predicted molar refractivity (Wildman–Crippen MR) is 102 cm³/mol. The average molecular weight is 427 g/mol. The van der Waals surface area contributed by atoms with E-state index in [4.69, 9.17) is 9.16 Å². The molecule has 0 aromatic carbocycles. The molecule has 0 saturated carbocycles. The number of rotatable bonds is 3. The molecule has 1 rings (SSSR count). The van der Waals surface area contributed by atoms with Gasteiger partial charge in [0, 0.05) is 13.1 Å². The van der Waals surface area contributed by atoms with Crippen molar-refractivity contribution in [1.29, 1.82) is 0 Å². The lowest BCUT2D eigenvalue weighted by Gasteiger charge is -2.44. The molecule has 28 heavy (non-hydrogen) atoms. The Morgan fingerprint density at radius 2 is 1.57 bits per heavy atom. The second-order valence-electron chi connectivity index (χ2n) is 9.79. The molecule has 6 nitrogen and oxygen atoms in total. The molecule has 1 fully saturated rings. The van der Waals surface area contributed by atoms with Crippen LogP contribution in [0.5, 0.6) is 0 Å². The third-order valence-corrected chi connectivity index (χ3v) is 9.47. The summed E-state index contributed by atoms with van der Waals surface area (Å²) in [5, 5.41) is 2.44. The van der Waals surface area contributed by atoms with Gasteiger partial charge in [-0.1, -0.05) is 20.8 Å². The monoisotopic (exact) mass is 426 g/mol. The van der Waals surface area contributed by atoms with Crippen molar-refractivity contribution >= 4 is 20.3 Å². The number of likely N-dealkylation sites (tertiary alicyclic amines) is 1. The summed E-state index contributed by atoms with van der Waals surface area (Å²) in [6, 6.07) is -0.690. The maximum atomic E-state index is 13.0. The number of alkyl carbamates (subject to hydrolysis) is 1. The van der Waals surface area contributed by atoms with Crippen LogP contribution in [0.4, 0.5) is 18.0 Å². The molecule has 0 bridgehead atoms. The van der Waals surface area contributed by atoms with Crippen molar-refractivity contribution in [2.24, 2.45) is 0 Å². The second kappa shape index (κ2) is 8.21. The van der Waals surface area contributed by atoms with Gasteiger partial charge in [-0.2, -0.15) is 13.2 Å². The lowest BCUT2D eigenvalue weighted by atomic mass is 10.0. The van der Waals surface area contributed by atoms with E-state index in [2.05, 4.69) is 5.32 Å². The Balaban J connectivity index is 2.98. The van der Waals surface area contributed by atoms with E-state index in [1.165, 1.54) is 0 Å². The molecule has 1 aliphatic rings. The van der Waals surface area contributed by atoms with E-state index in [0.717, 1.165) is 0 Å². The lowest BCUT2D eigenvalue weighted by Crippen LogP contribution is -2.59. The fourth-order valence-corrected chi connectivity index (χ4v) is 4.01. The number of hydrogen-bond donors (Lipinski definition) is 1. The Morgan fingerprint density at radius 3 is 2.00 bits per heavy atom. The van der Waals surface area contributed by atoms with E-state index < -0.39 is 44.2 Å². The topological polar surface area (TPSA) is 67.9 Å². The SMILES string of the molecule is CC(C)(C)OC(=O)N[C@H]1C[C@@H](O[Si](C)(C)C(C)(C)C)CN(C(=O)C(F)(F)F)C1. The van der Waals surface area contributed by atoms with Crippen LogP contribution in [0, 0.1) is 0 Å². The minimum Gasteiger partial charge on any atom is -0.444 e. The molecule has 0 aromatic heterocycles. The van der Waals surface area contributed by atoms with Crippen LogP contribution < -0.4 is 5.32 Å². The fourth-order valence-electron chi connectivity index (χ4n) is 2.66. The van der Waals surface area contributed by atoms with Crippen LogP contribution in [-0.2, 0) is 14.0 Å². The van der Waals surface area contributed by atoms with Gasteiger partial charge in [-0.15, -0.1) is 0 Å². The van der Waals surface area contributed by atoms with Gasteiger partial charge in [-0.05, 0) is 45.3 Å². The number of nitrogens with zero attached hydrogens (tertiary/aromatic N) is 1. The summed E-state index contributed by atoms with van der Waals surface area (Å²) in [5.41, 5.74) is -0.739. The van der Waals surface area contributed by atoms with Crippen molar-refractivity contribution in [3.8, 4) is 0 Å². The third kappa shape index (κ3) is 7.27. The molecule has 1 aliphatic heterocycles. The first kappa shape index (κ1) is 24.7. The first-order chi connectivity index (χ1) is 12.3. The zero-order valence-electron chi connectivity index (χ0n) is 18.0. The Bertz CT molecular complexity index is 583. The number of carbonyl (C=O) groups excluding carboxylic acids is 2. The Morgan fingerprint density at radius 1 is 1.04 bits per heavy atom. The number of alkyl halides is 3. The zero-order valence-corrected chi connectivity index (χ0v) is 19.0. The van der Waals surface area contributed by atoms with Crippen LogP contribution in [0.1, 0.15) is 48.0 Å². The van der Waals surface area contributed by atoms with Gasteiger partial charge in [0.1, 0.15) is 5.60 Å². The number of halogens is 3. The van der Waals surface area contributed by atoms with Gasteiger partial charge in [-0.25, -0.2) is 4.79 Å². The highest BCUT2D eigenvalue weighted by atomic mass is 28.4. The highest BCUT2D eigenvalue weighted by Crippen LogP contribution is 2.38. The number of piperidine rings is 1. The Hall–Kier alpha value is -1.29. The fraction of sp³-hybridized carbons (Fsp3) is 0.889. The Labute approximate surface area is 166 Å². The van der Waals surface area contributed by atoms with Gasteiger partial charge in [-0.3, -0.25) is 4.79 Å². The molecule has 0 radical (unpaired) electrons. The minimum absolute atomic E-state index is 0.141. The van der Waals surface area contributed by atoms with Crippen molar-refractivity contribution < 1.29 is 31.9 Å². The molecule has 164 valence electrons. The molecule has 0 aliphatic carbocycles. The molecule has 0 aromatic rings. The van der Waals surface area contributed by atoms with Gasteiger partial charge >= 0.3 is 18.2 Å². The highest BCUT2D eigenvalue weighted by molar-refractivity contribution is 6.74. The number of nitrogens with one attached hydrogen (secondary N) is 1. The van der Waals surface area contributed by atoms with Crippen LogP contribution in [-0.4, -0.2) is 62.2 Å². The number of ether oxygens (including phenoxy) is 1. The summed E-state index contributed by atoms with van der Waals surface area (Å²) in [6.45, 7) is 14.7. The molecule has 0 unspecified atom stereocenters. The quantitative estimate of drug-likeness (QED) is 0.691. The van der Waals surface area contributed by atoms with Gasteiger partial charge < -0.3 is 19.4 Å². The smallest absolute Gasteiger partial charge is 0.444 e. The molecule has 1 N–H and O–H groups in total. The van der Waals surface area contributed by atoms with Crippen molar-refractivity contribution in [1.82, 2.24) is 10.2 Å². The van der Waals surface area contributed by atoms with Crippen LogP contribution in [0.3, 0.4) is 0 Å². The maximum absolute atomic E-state index is 13.0. The average Bonchev–Trinajstić information content (AvgIpc) is 2.41. The van der Waals surface area contributed by atoms with Gasteiger partial charge in [0.05, 0.1) is 12.1 Å². The van der Waals surface area contributed by atoms with Crippen LogP contribution in [0.15, 0.2) is 0 Å². The molecule has 0 spiro atoms. The van der Waals surface area contributed by atoms with E-state index in [9.17, 15) is 22.8 Å². The van der Waals surface area contributed by atoms with Crippen molar-refractivity contribution in [2.75, 3.05) is 13.1 Å². The summed E-state index contributed by atoms with van der Waals surface area (Å²) < 4.78 is 50.3. The molecular weight excluding hydrogens is 393 g/mol. The van der Waals surface area contributed by atoms with E-state index in [1.54, 1.807) is 20.8 Å². The maximum Gasteiger partial charge on any atom is 0.471 e. The summed E-state index contributed by atoms with van der Waals surface area (Å²) in [5.74, 6) is -1.92. The van der Waals surface area contributed by atoms with E-state index in [1.807, 2.05) is 33.9 Å². The second-order valence-corrected chi connectivity index (χ2v) is 14.5. The largest absolute Gasteiger partial charge is 0.471 e. The van der Waals surface area contributed by atoms with Crippen molar-refractivity contribution in [2.45, 2.75) is 90.0 Å². The van der Waals surface area contributed by atoms with Crippen molar-refractivity contribution in [3.05, 3.63) is 0 Å². The summed E-state index contributed by atoms with van der Waals surface area (Å²) in [7, 11) is -2.27. The first-order valence-corrected chi connectivity index (χ1v) is 12.3. The number of carbonyl (C=O) groups is 2. The molecule has 2 atom stereocenters. The Kier molecular flexibility index (Phi) is 7.26. The third-order valence-electron chi connectivity index (χ3n) is 4.93.